The van der Waals surface area contributed by atoms with E-state index in [1.165, 1.54) is 96.1 Å². The van der Waals surface area contributed by atoms with Gasteiger partial charge in [-0.2, -0.15) is 20.4 Å². The van der Waals surface area contributed by atoms with E-state index >= 15 is 0 Å². The normalized spacial score (nSPS) is 16.8. The van der Waals surface area contributed by atoms with Gasteiger partial charge in [-0.05, 0) is 196 Å². The summed E-state index contributed by atoms with van der Waals surface area (Å²) in [5.74, 6) is 4.44. The molecule has 8 nitrogen and oxygen atoms in total. The van der Waals surface area contributed by atoms with Crippen LogP contribution in [-0.4, -0.2) is 40.8 Å². The van der Waals surface area contributed by atoms with Gasteiger partial charge in [0.2, 0.25) is 0 Å². The van der Waals surface area contributed by atoms with Gasteiger partial charge in [0.1, 0.15) is 18.4 Å². The van der Waals surface area contributed by atoms with Crippen LogP contribution < -0.4 is 0 Å². The van der Waals surface area contributed by atoms with E-state index in [9.17, 15) is 0 Å². The first kappa shape index (κ1) is 42.4. The Bertz CT molecular complexity index is 1840. The van der Waals surface area contributed by atoms with Crippen molar-refractivity contribution >= 4 is 63.7 Å². The van der Waals surface area contributed by atoms with Crippen molar-refractivity contribution in [2.24, 2.45) is 0 Å². The minimum Gasteiger partial charge on any atom is -0.158 e. The highest BCUT2D eigenvalue weighted by Crippen LogP contribution is 2.47. The van der Waals surface area contributed by atoms with Gasteiger partial charge in [-0.25, -0.2) is 0 Å². The van der Waals surface area contributed by atoms with Gasteiger partial charge >= 0.3 is 0 Å². The highest BCUT2D eigenvalue weighted by atomic mass is 79.9. The van der Waals surface area contributed by atoms with E-state index in [0.29, 0.717) is 35.5 Å². The molecule has 0 amide bonds. The van der Waals surface area contributed by atoms with Crippen LogP contribution in [0.25, 0.3) is 0 Å². The van der Waals surface area contributed by atoms with Crippen molar-refractivity contribution in [2.75, 3.05) is 0 Å². The van der Waals surface area contributed by atoms with Crippen LogP contribution in [0.3, 0.4) is 0 Å². The van der Waals surface area contributed by atoms with E-state index in [2.05, 4.69) is 179 Å². The lowest BCUT2D eigenvalue weighted by atomic mass is 9.84. The average Bonchev–Trinajstić information content (AvgIpc) is 3.92. The van der Waals surface area contributed by atoms with Crippen LogP contribution in [-0.2, 0) is 5.41 Å². The smallest absolute Gasteiger partial charge is 0.132 e. The molecule has 0 aromatic carbocycles. The SMILES string of the molecule is CC(C)(C)c1cnnc(Br)c1C1CC1.CC(C)c1c(C2CC2)cnnc1Br.CC(C)c1cc(Br)nnc1C1CC1.CC(C)c1cc(C2CC2)nnc1Br. The molecule has 0 spiro atoms. The number of hydrogen-bond acceptors (Lipinski definition) is 8. The van der Waals surface area contributed by atoms with Crippen molar-refractivity contribution in [3.05, 3.63) is 87.7 Å². The molecular formula is C41H54Br4N8. The van der Waals surface area contributed by atoms with Crippen LogP contribution in [0.4, 0.5) is 0 Å². The molecule has 0 saturated heterocycles. The first-order chi connectivity index (χ1) is 25.1. The summed E-state index contributed by atoms with van der Waals surface area (Å²) in [6.45, 7) is 19.8. The zero-order valence-corrected chi connectivity index (χ0v) is 38.9. The molecule has 0 radical (unpaired) electrons. The molecular weight excluding hydrogens is 924 g/mol. The molecule has 286 valence electrons. The molecule has 0 N–H and O–H groups in total. The zero-order chi connectivity index (χ0) is 38.6. The van der Waals surface area contributed by atoms with E-state index in [1.807, 2.05) is 12.4 Å². The number of aromatic nitrogens is 8. The van der Waals surface area contributed by atoms with Crippen molar-refractivity contribution < 1.29 is 0 Å². The maximum absolute atomic E-state index is 4.26. The van der Waals surface area contributed by atoms with Gasteiger partial charge in [0.15, 0.2) is 0 Å². The van der Waals surface area contributed by atoms with Crippen LogP contribution in [0.15, 0.2) is 42.9 Å². The second-order valence-corrected chi connectivity index (χ2v) is 19.9. The van der Waals surface area contributed by atoms with Crippen LogP contribution in [0.1, 0.15) is 200 Å². The van der Waals surface area contributed by atoms with Crippen LogP contribution in [0.5, 0.6) is 0 Å². The lowest BCUT2D eigenvalue weighted by Crippen LogP contribution is -2.15. The molecule has 4 aliphatic carbocycles. The van der Waals surface area contributed by atoms with Gasteiger partial charge in [-0.1, -0.05) is 62.3 Å². The standard InChI is InChI=1S/C11H15BrN2.3C10H13BrN2/c1-11(2,3)8-6-13-14-10(12)9(8)7-4-5-7;1-6(2)9-8(7-3-4-7)5-12-13-10(9)11;1-6(2)8-5-9(11)12-13-10(8)7-3-4-7;1-6(2)8-5-9(7-3-4-7)12-13-10(8)11/h6-7H,4-5H2,1-3H3;3*5-7H,3-4H2,1-2H3. The summed E-state index contributed by atoms with van der Waals surface area (Å²) in [7, 11) is 0. The van der Waals surface area contributed by atoms with Crippen molar-refractivity contribution in [3.63, 3.8) is 0 Å². The Balaban J connectivity index is 0.000000136. The van der Waals surface area contributed by atoms with Gasteiger partial charge in [0.05, 0.1) is 23.8 Å². The largest absolute Gasteiger partial charge is 0.158 e. The average molecular weight is 979 g/mol. The predicted octanol–water partition coefficient (Wildman–Crippen LogP) is 13.1. The lowest BCUT2D eigenvalue weighted by molar-refractivity contribution is 0.574. The Kier molecular flexibility index (Phi) is 14.8. The van der Waals surface area contributed by atoms with E-state index in [0.717, 1.165) is 24.3 Å². The fourth-order valence-electron chi connectivity index (χ4n) is 6.32. The molecule has 4 aromatic rings. The molecule has 53 heavy (non-hydrogen) atoms. The van der Waals surface area contributed by atoms with E-state index in [-0.39, 0.29) is 5.41 Å². The van der Waals surface area contributed by atoms with Crippen molar-refractivity contribution in [3.8, 4) is 0 Å². The van der Waals surface area contributed by atoms with E-state index in [1.54, 1.807) is 0 Å². The summed E-state index contributed by atoms with van der Waals surface area (Å²) in [4.78, 5) is 0. The summed E-state index contributed by atoms with van der Waals surface area (Å²) in [6.07, 6.45) is 14.2. The topological polar surface area (TPSA) is 103 Å². The Hall–Kier alpha value is -1.76. The van der Waals surface area contributed by atoms with Crippen LogP contribution in [0, 0.1) is 0 Å². The molecule has 0 aliphatic heterocycles. The van der Waals surface area contributed by atoms with E-state index < -0.39 is 0 Å². The van der Waals surface area contributed by atoms with Gasteiger partial charge in [-0.15, -0.1) is 20.4 Å². The van der Waals surface area contributed by atoms with Crippen molar-refractivity contribution in [1.82, 2.24) is 40.8 Å². The van der Waals surface area contributed by atoms with Gasteiger partial charge < -0.3 is 0 Å². The Labute approximate surface area is 350 Å². The predicted molar refractivity (Wildman–Crippen MR) is 228 cm³/mol. The van der Waals surface area contributed by atoms with Gasteiger partial charge in [0.25, 0.3) is 0 Å². The monoisotopic (exact) mass is 974 g/mol. The fraction of sp³-hybridized carbons (Fsp3) is 0.610. The Morgan fingerprint density at radius 3 is 1.64 bits per heavy atom. The van der Waals surface area contributed by atoms with Crippen molar-refractivity contribution in [1.29, 1.82) is 0 Å². The minimum atomic E-state index is 0.163. The maximum atomic E-state index is 4.26. The third-order valence-corrected chi connectivity index (χ3v) is 12.1. The lowest BCUT2D eigenvalue weighted by Gasteiger charge is -2.22. The van der Waals surface area contributed by atoms with E-state index in [4.69, 9.17) is 0 Å². The number of halogens is 4. The molecule has 0 unspecified atom stereocenters. The molecule has 4 fully saturated rings. The fourth-order valence-corrected chi connectivity index (χ4v) is 8.71. The number of rotatable bonds is 7. The number of nitrogens with zero attached hydrogens (tertiary/aromatic N) is 8. The number of hydrogen-bond donors (Lipinski definition) is 0. The Morgan fingerprint density at radius 2 is 1.11 bits per heavy atom. The summed E-state index contributed by atoms with van der Waals surface area (Å²) in [5, 5.41) is 32.8. The summed E-state index contributed by atoms with van der Waals surface area (Å²) >= 11 is 13.8. The molecule has 12 heteroatoms. The van der Waals surface area contributed by atoms with Crippen molar-refractivity contribution in [2.45, 2.75) is 161 Å². The molecule has 4 heterocycles. The molecule has 4 saturated carbocycles. The van der Waals surface area contributed by atoms with Crippen LogP contribution in [0.2, 0.25) is 0 Å². The maximum Gasteiger partial charge on any atom is 0.132 e. The third kappa shape index (κ3) is 12.1. The Morgan fingerprint density at radius 1 is 0.547 bits per heavy atom. The molecule has 4 aliphatic rings. The second kappa shape index (κ2) is 18.5. The first-order valence-corrected chi connectivity index (χ1v) is 22.3. The quantitative estimate of drug-likeness (QED) is 0.180. The first-order valence-electron chi connectivity index (χ1n) is 19.1. The molecule has 8 rings (SSSR count). The summed E-state index contributed by atoms with van der Waals surface area (Å²) in [6, 6.07) is 4.30. The van der Waals surface area contributed by atoms with Crippen LogP contribution >= 0.6 is 63.7 Å². The summed E-state index contributed by atoms with van der Waals surface area (Å²) < 4.78 is 3.60. The minimum absolute atomic E-state index is 0.163. The second-order valence-electron chi connectivity index (χ2n) is 16.8. The third-order valence-electron chi connectivity index (χ3n) is 9.93. The molecule has 4 aromatic heterocycles. The molecule has 0 bridgehead atoms. The van der Waals surface area contributed by atoms with Gasteiger partial charge in [-0.3, -0.25) is 0 Å². The highest BCUT2D eigenvalue weighted by molar-refractivity contribution is 9.11. The molecule has 0 atom stereocenters. The van der Waals surface area contributed by atoms with Gasteiger partial charge in [0, 0.05) is 11.8 Å². The zero-order valence-electron chi connectivity index (χ0n) is 32.6. The highest BCUT2D eigenvalue weighted by Gasteiger charge is 2.33. The summed E-state index contributed by atoms with van der Waals surface area (Å²) in [5.41, 5.74) is 10.6.